The summed E-state index contributed by atoms with van der Waals surface area (Å²) in [6.45, 7) is 2.04. The highest BCUT2D eigenvalue weighted by Gasteiger charge is 2.47. The van der Waals surface area contributed by atoms with Crippen molar-refractivity contribution >= 4 is 26.8 Å². The van der Waals surface area contributed by atoms with E-state index in [1.807, 2.05) is 16.7 Å². The van der Waals surface area contributed by atoms with Gasteiger partial charge in [-0.3, -0.25) is 4.40 Å². The van der Waals surface area contributed by atoms with Gasteiger partial charge in [0.2, 0.25) is 10.0 Å². The molecule has 3 atom stereocenters. The Morgan fingerprint density at radius 3 is 2.90 bits per heavy atom. The van der Waals surface area contributed by atoms with Gasteiger partial charge in [-0.15, -0.1) is 10.2 Å². The second-order valence-electron chi connectivity index (χ2n) is 8.07. The normalized spacial score (nSPS) is 25.2. The van der Waals surface area contributed by atoms with Gasteiger partial charge < -0.3 is 4.98 Å². The van der Waals surface area contributed by atoms with Crippen molar-refractivity contribution in [2.75, 3.05) is 6.54 Å². The Labute approximate surface area is 168 Å². The molecule has 0 amide bonds. The van der Waals surface area contributed by atoms with E-state index in [2.05, 4.69) is 33.2 Å². The van der Waals surface area contributed by atoms with Crippen LogP contribution in [0.3, 0.4) is 0 Å². The average molecular weight is 414 g/mol. The van der Waals surface area contributed by atoms with Gasteiger partial charge in [-0.05, 0) is 37.7 Å². The molecule has 0 spiro atoms. The molecular formula is C19H23N7O2S. The van der Waals surface area contributed by atoms with Gasteiger partial charge in [0.25, 0.3) is 0 Å². The molecular weight excluding hydrogens is 390 g/mol. The third-order valence-corrected chi connectivity index (χ3v) is 8.79. The van der Waals surface area contributed by atoms with Crippen molar-refractivity contribution in [1.82, 2.24) is 28.9 Å². The van der Waals surface area contributed by atoms with Gasteiger partial charge >= 0.3 is 0 Å². The Balaban J connectivity index is 1.54. The third-order valence-electron chi connectivity index (χ3n) is 6.40. The maximum absolute atomic E-state index is 12.9. The highest BCUT2D eigenvalue weighted by molar-refractivity contribution is 7.90. The second-order valence-corrected chi connectivity index (χ2v) is 10.2. The van der Waals surface area contributed by atoms with Gasteiger partial charge in [0, 0.05) is 18.2 Å². The van der Waals surface area contributed by atoms with Gasteiger partial charge in [0.1, 0.15) is 12.4 Å². The number of fused-ring (bicyclic) bond motifs is 3. The average Bonchev–Trinajstić information content (AvgIpc) is 3.14. The monoisotopic (exact) mass is 413 g/mol. The van der Waals surface area contributed by atoms with Crippen molar-refractivity contribution in [3.8, 4) is 6.07 Å². The van der Waals surface area contributed by atoms with Crippen molar-refractivity contribution in [1.29, 1.82) is 5.26 Å². The van der Waals surface area contributed by atoms with E-state index < -0.39 is 10.0 Å². The Kier molecular flexibility index (Phi) is 4.33. The maximum atomic E-state index is 12.9. The van der Waals surface area contributed by atoms with Crippen LogP contribution >= 0.6 is 0 Å². The number of nitrogens with one attached hydrogen (secondary N) is 1. The van der Waals surface area contributed by atoms with Gasteiger partial charge in [0.15, 0.2) is 11.3 Å². The summed E-state index contributed by atoms with van der Waals surface area (Å²) >= 11 is 0. The lowest BCUT2D eigenvalue weighted by atomic mass is 9.93. The lowest BCUT2D eigenvalue weighted by Crippen LogP contribution is -2.41. The van der Waals surface area contributed by atoms with E-state index in [9.17, 15) is 13.7 Å². The lowest BCUT2D eigenvalue weighted by Gasteiger charge is -2.26. The third kappa shape index (κ3) is 2.91. The molecule has 0 saturated heterocycles. The number of hydrogen-bond donors (Lipinski definition) is 1. The van der Waals surface area contributed by atoms with Gasteiger partial charge in [0.05, 0.1) is 23.0 Å². The minimum Gasteiger partial charge on any atom is -0.345 e. The van der Waals surface area contributed by atoms with Crippen LogP contribution in [0.4, 0.5) is 0 Å². The molecule has 9 nitrogen and oxygen atoms in total. The van der Waals surface area contributed by atoms with E-state index in [1.165, 1.54) is 4.31 Å². The van der Waals surface area contributed by atoms with E-state index in [0.717, 1.165) is 29.8 Å². The Morgan fingerprint density at radius 2 is 2.17 bits per heavy atom. The minimum absolute atomic E-state index is 0.0797. The highest BCUT2D eigenvalue weighted by Crippen LogP contribution is 2.45. The number of nitrogens with zero attached hydrogens (tertiary/aromatic N) is 6. The van der Waals surface area contributed by atoms with E-state index >= 15 is 0 Å². The fourth-order valence-corrected chi connectivity index (χ4v) is 6.73. The van der Waals surface area contributed by atoms with Gasteiger partial charge in [-0.2, -0.15) is 9.57 Å². The van der Waals surface area contributed by atoms with Crippen molar-refractivity contribution in [3.05, 3.63) is 24.3 Å². The van der Waals surface area contributed by atoms with Gasteiger partial charge in [-0.25, -0.2) is 13.4 Å². The molecule has 3 heterocycles. The molecule has 0 aliphatic heterocycles. The zero-order valence-corrected chi connectivity index (χ0v) is 17.0. The predicted octanol–water partition coefficient (Wildman–Crippen LogP) is 2.20. The molecule has 152 valence electrons. The molecule has 2 aliphatic rings. The van der Waals surface area contributed by atoms with Crippen LogP contribution in [-0.2, 0) is 10.0 Å². The zero-order chi connectivity index (χ0) is 20.2. The summed E-state index contributed by atoms with van der Waals surface area (Å²) in [6, 6.07) is 3.85. The summed E-state index contributed by atoms with van der Waals surface area (Å²) in [4.78, 5) is 7.49. The van der Waals surface area contributed by atoms with E-state index in [1.54, 1.807) is 6.20 Å². The molecule has 2 aliphatic carbocycles. The van der Waals surface area contributed by atoms with Gasteiger partial charge in [-0.1, -0.05) is 13.3 Å². The van der Waals surface area contributed by atoms with Crippen LogP contribution in [-0.4, -0.2) is 55.1 Å². The lowest BCUT2D eigenvalue weighted by molar-refractivity contribution is 0.339. The van der Waals surface area contributed by atoms with Crippen molar-refractivity contribution in [2.24, 2.45) is 5.92 Å². The molecule has 10 heteroatoms. The van der Waals surface area contributed by atoms with Crippen LogP contribution in [0, 0.1) is 17.2 Å². The van der Waals surface area contributed by atoms with Crippen molar-refractivity contribution in [2.45, 2.75) is 56.2 Å². The molecule has 29 heavy (non-hydrogen) atoms. The SMILES string of the molecule is CC[C@@H]1C[C@H](N(CC#N)S(=O)(=O)C2CC2)C[C@@H]1c1nnc2cnc3[nH]ccc3n12. The Bertz CT molecular complexity index is 1200. The fourth-order valence-electron chi connectivity index (χ4n) is 4.79. The Hall–Kier alpha value is -2.51. The summed E-state index contributed by atoms with van der Waals surface area (Å²) in [6.07, 6.45) is 7.25. The molecule has 2 saturated carbocycles. The summed E-state index contributed by atoms with van der Waals surface area (Å²) in [5.74, 6) is 1.21. The molecule has 5 rings (SSSR count). The second kappa shape index (κ2) is 6.78. The van der Waals surface area contributed by atoms with Crippen LogP contribution in [0.25, 0.3) is 16.8 Å². The topological polar surface area (TPSA) is 120 Å². The summed E-state index contributed by atoms with van der Waals surface area (Å²) < 4.78 is 29.4. The molecule has 3 aromatic heterocycles. The first-order valence-corrected chi connectivity index (χ1v) is 11.6. The number of hydrogen-bond acceptors (Lipinski definition) is 6. The van der Waals surface area contributed by atoms with Crippen LogP contribution in [0.5, 0.6) is 0 Å². The first kappa shape index (κ1) is 18.5. The van der Waals surface area contributed by atoms with E-state index in [-0.39, 0.29) is 29.7 Å². The van der Waals surface area contributed by atoms with Crippen LogP contribution < -0.4 is 0 Å². The molecule has 0 unspecified atom stereocenters. The highest BCUT2D eigenvalue weighted by atomic mass is 32.2. The van der Waals surface area contributed by atoms with E-state index in [0.29, 0.717) is 24.9 Å². The largest absolute Gasteiger partial charge is 0.345 e. The standard InChI is InChI=1S/C19H23N7O2S/c1-2-12-9-13(25(8-6-20)29(27,28)14-3-4-14)10-15(12)19-24-23-17-11-22-18-16(26(17)19)5-7-21-18/h5,7,11-15,21H,2-4,8-10H2,1H3/t12-,13+,15+/m1/s1. The number of nitriles is 1. The molecule has 0 radical (unpaired) electrons. The smallest absolute Gasteiger partial charge is 0.218 e. The first-order chi connectivity index (χ1) is 14.0. The number of H-pyrrole nitrogens is 1. The summed E-state index contributed by atoms with van der Waals surface area (Å²) in [5.41, 5.74) is 2.37. The van der Waals surface area contributed by atoms with Crippen molar-refractivity contribution < 1.29 is 8.42 Å². The van der Waals surface area contributed by atoms with Crippen LogP contribution in [0.1, 0.15) is 50.8 Å². The van der Waals surface area contributed by atoms with E-state index in [4.69, 9.17) is 0 Å². The van der Waals surface area contributed by atoms with Crippen LogP contribution in [0.2, 0.25) is 0 Å². The number of rotatable bonds is 6. The fraction of sp³-hybridized carbons (Fsp3) is 0.579. The summed E-state index contributed by atoms with van der Waals surface area (Å²) in [5, 5.41) is 17.8. The number of sulfonamides is 1. The summed E-state index contributed by atoms with van der Waals surface area (Å²) in [7, 11) is -3.41. The number of aromatic nitrogens is 5. The molecule has 1 N–H and O–H groups in total. The van der Waals surface area contributed by atoms with Crippen LogP contribution in [0.15, 0.2) is 18.5 Å². The molecule has 0 bridgehead atoms. The molecule has 2 fully saturated rings. The zero-order valence-electron chi connectivity index (χ0n) is 16.2. The quantitative estimate of drug-likeness (QED) is 0.619. The first-order valence-electron chi connectivity index (χ1n) is 10.1. The maximum Gasteiger partial charge on any atom is 0.218 e. The minimum atomic E-state index is -3.41. The number of aromatic amines is 1. The molecule has 0 aromatic carbocycles. The Morgan fingerprint density at radius 1 is 1.34 bits per heavy atom. The van der Waals surface area contributed by atoms with Crippen molar-refractivity contribution in [3.63, 3.8) is 0 Å². The predicted molar refractivity (Wildman–Crippen MR) is 106 cm³/mol. The molecule has 3 aromatic rings.